The zero-order valence-corrected chi connectivity index (χ0v) is 22.5. The fourth-order valence-corrected chi connectivity index (χ4v) is 5.52. The maximum absolute atomic E-state index is 11.9. The predicted octanol–water partition coefficient (Wildman–Crippen LogP) is 6.07. The van der Waals surface area contributed by atoms with Gasteiger partial charge in [0.1, 0.15) is 0 Å². The van der Waals surface area contributed by atoms with Gasteiger partial charge in [0.2, 0.25) is 0 Å². The van der Waals surface area contributed by atoms with Gasteiger partial charge in [-0.2, -0.15) is 0 Å². The number of rotatable bonds is 5. The van der Waals surface area contributed by atoms with Gasteiger partial charge in [0.25, 0.3) is 0 Å². The highest BCUT2D eigenvalue weighted by molar-refractivity contribution is 7.80. The molecule has 2 atom stereocenters. The zero-order valence-electron chi connectivity index (χ0n) is 21.6. The molecule has 1 fully saturated rings. The van der Waals surface area contributed by atoms with Crippen molar-refractivity contribution in [1.29, 1.82) is 0 Å². The van der Waals surface area contributed by atoms with E-state index in [9.17, 15) is 4.79 Å². The van der Waals surface area contributed by atoms with E-state index >= 15 is 0 Å². The summed E-state index contributed by atoms with van der Waals surface area (Å²) >= 11 is 5.92. The number of benzene rings is 2. The number of pyridine rings is 1. The number of aromatic nitrogens is 2. The van der Waals surface area contributed by atoms with Gasteiger partial charge in [-0.1, -0.05) is 12.1 Å². The molecule has 1 N–H and O–H groups in total. The molecule has 1 aliphatic heterocycles. The second kappa shape index (κ2) is 9.82. The van der Waals surface area contributed by atoms with Crippen LogP contribution in [0.5, 0.6) is 0 Å². The summed E-state index contributed by atoms with van der Waals surface area (Å²) in [5, 5.41) is 4.23. The standard InChI is InChI=1S/C30H30N4O2S/c1-18-9-12-24(16-19(18)2)34-28(27(32-30(34)37)26-8-6-7-15-31-26)25-17-20(3)33(21(25)4)23-13-10-22(11-14-23)29(35)36-5/h6-17,27-28H,1-5H3,(H,32,37)/t27-,28+/m1/s1. The molecule has 1 aliphatic rings. The third kappa shape index (κ3) is 4.40. The first-order valence-corrected chi connectivity index (χ1v) is 12.7. The van der Waals surface area contributed by atoms with E-state index in [1.807, 2.05) is 36.5 Å². The molecule has 2 aromatic carbocycles. The van der Waals surface area contributed by atoms with Crippen molar-refractivity contribution in [2.24, 2.45) is 0 Å². The van der Waals surface area contributed by atoms with Crippen LogP contribution >= 0.6 is 12.2 Å². The lowest BCUT2D eigenvalue weighted by molar-refractivity contribution is 0.0600. The Hall–Kier alpha value is -3.97. The van der Waals surface area contributed by atoms with Crippen molar-refractivity contribution in [3.05, 3.63) is 112 Å². The number of nitrogens with one attached hydrogen (secondary N) is 1. The quantitative estimate of drug-likeness (QED) is 0.260. The van der Waals surface area contributed by atoms with E-state index < -0.39 is 0 Å². The Morgan fingerprint density at radius 1 is 0.946 bits per heavy atom. The maximum atomic E-state index is 11.9. The topological polar surface area (TPSA) is 59.4 Å². The third-order valence-corrected chi connectivity index (χ3v) is 7.52. The summed E-state index contributed by atoms with van der Waals surface area (Å²) in [5.41, 5.74) is 9.32. The van der Waals surface area contributed by atoms with Gasteiger partial charge in [-0.3, -0.25) is 4.98 Å². The summed E-state index contributed by atoms with van der Waals surface area (Å²) in [6, 6.07) is 22.0. The molecule has 3 heterocycles. The SMILES string of the molecule is COC(=O)c1ccc(-n2c(C)cc([C@H]3[C@@H](c4ccccn4)NC(=S)N3c3ccc(C)c(C)c3)c2C)cc1. The molecule has 37 heavy (non-hydrogen) atoms. The number of aryl methyl sites for hydroxylation is 3. The Bertz CT molecular complexity index is 1480. The highest BCUT2D eigenvalue weighted by atomic mass is 32.1. The second-order valence-electron chi connectivity index (χ2n) is 9.47. The maximum Gasteiger partial charge on any atom is 0.337 e. The molecule has 0 radical (unpaired) electrons. The smallest absolute Gasteiger partial charge is 0.337 e. The number of carbonyl (C=O) groups excluding carboxylic acids is 1. The van der Waals surface area contributed by atoms with Crippen LogP contribution in [0.2, 0.25) is 0 Å². The van der Waals surface area contributed by atoms with Crippen LogP contribution < -0.4 is 10.2 Å². The first-order chi connectivity index (χ1) is 17.8. The molecule has 1 saturated heterocycles. The van der Waals surface area contributed by atoms with Crippen LogP contribution in [-0.2, 0) is 4.74 Å². The second-order valence-corrected chi connectivity index (χ2v) is 9.85. The first-order valence-electron chi connectivity index (χ1n) is 12.3. The van der Waals surface area contributed by atoms with E-state index in [0.717, 1.165) is 34.0 Å². The molecule has 0 aliphatic carbocycles. The number of thiocarbonyl (C=S) groups is 1. The molecule has 0 amide bonds. The Labute approximate surface area is 222 Å². The fraction of sp³-hybridized carbons (Fsp3) is 0.233. The Morgan fingerprint density at radius 2 is 1.68 bits per heavy atom. The van der Waals surface area contributed by atoms with Crippen molar-refractivity contribution in [3.8, 4) is 5.69 Å². The number of ether oxygens (including phenoxy) is 1. The molecule has 0 unspecified atom stereocenters. The van der Waals surface area contributed by atoms with Crippen LogP contribution in [-0.4, -0.2) is 27.7 Å². The number of hydrogen-bond donors (Lipinski definition) is 1. The number of nitrogens with zero attached hydrogens (tertiary/aromatic N) is 3. The van der Waals surface area contributed by atoms with Crippen LogP contribution in [0.3, 0.4) is 0 Å². The minimum Gasteiger partial charge on any atom is -0.465 e. The van der Waals surface area contributed by atoms with Crippen LogP contribution in [0.25, 0.3) is 5.69 Å². The number of anilines is 1. The van der Waals surface area contributed by atoms with E-state index in [1.54, 1.807) is 12.1 Å². The third-order valence-electron chi connectivity index (χ3n) is 7.20. The summed E-state index contributed by atoms with van der Waals surface area (Å²) in [4.78, 5) is 18.8. The first kappa shape index (κ1) is 24.7. The average molecular weight is 511 g/mol. The Balaban J connectivity index is 1.64. The van der Waals surface area contributed by atoms with Crippen molar-refractivity contribution in [2.75, 3.05) is 12.0 Å². The van der Waals surface area contributed by atoms with Gasteiger partial charge in [-0.25, -0.2) is 4.79 Å². The molecule has 0 saturated carbocycles. The van der Waals surface area contributed by atoms with Crippen LogP contribution in [0, 0.1) is 27.7 Å². The highest BCUT2D eigenvalue weighted by Crippen LogP contribution is 2.44. The Kier molecular flexibility index (Phi) is 6.56. The Morgan fingerprint density at radius 3 is 2.32 bits per heavy atom. The summed E-state index contributed by atoms with van der Waals surface area (Å²) in [7, 11) is 1.39. The fourth-order valence-electron chi connectivity index (χ4n) is 5.17. The largest absolute Gasteiger partial charge is 0.465 e. The molecular weight excluding hydrogens is 480 g/mol. The summed E-state index contributed by atoms with van der Waals surface area (Å²) in [6.07, 6.45) is 1.82. The van der Waals surface area contributed by atoms with Crippen molar-refractivity contribution < 1.29 is 9.53 Å². The van der Waals surface area contributed by atoms with Gasteiger partial charge in [0.15, 0.2) is 5.11 Å². The van der Waals surface area contributed by atoms with E-state index in [0.29, 0.717) is 10.7 Å². The van der Waals surface area contributed by atoms with Crippen LogP contribution in [0.4, 0.5) is 5.69 Å². The minimum atomic E-state index is -0.346. The van der Waals surface area contributed by atoms with E-state index in [4.69, 9.17) is 17.0 Å². The highest BCUT2D eigenvalue weighted by Gasteiger charge is 2.42. The zero-order chi connectivity index (χ0) is 26.3. The van der Waals surface area contributed by atoms with Crippen molar-refractivity contribution in [2.45, 2.75) is 39.8 Å². The molecule has 2 aromatic heterocycles. The molecule has 0 spiro atoms. The molecule has 5 rings (SSSR count). The summed E-state index contributed by atoms with van der Waals surface area (Å²) < 4.78 is 7.07. The van der Waals surface area contributed by atoms with E-state index in [1.165, 1.54) is 18.2 Å². The molecule has 188 valence electrons. The number of carbonyl (C=O) groups is 1. The van der Waals surface area contributed by atoms with Gasteiger partial charge in [-0.15, -0.1) is 0 Å². The van der Waals surface area contributed by atoms with Crippen molar-refractivity contribution in [3.63, 3.8) is 0 Å². The molecule has 7 heteroatoms. The lowest BCUT2D eigenvalue weighted by atomic mass is 9.96. The lowest BCUT2D eigenvalue weighted by Gasteiger charge is -2.28. The van der Waals surface area contributed by atoms with Gasteiger partial charge in [-0.05, 0) is 111 Å². The normalized spacial score (nSPS) is 17.1. The van der Waals surface area contributed by atoms with Gasteiger partial charge in [0, 0.05) is 29.0 Å². The lowest BCUT2D eigenvalue weighted by Crippen LogP contribution is -2.29. The molecule has 0 bridgehead atoms. The number of esters is 1. The number of hydrogen-bond acceptors (Lipinski definition) is 4. The minimum absolute atomic E-state index is 0.0983. The van der Waals surface area contributed by atoms with Gasteiger partial charge < -0.3 is 19.5 Å². The van der Waals surface area contributed by atoms with Gasteiger partial charge >= 0.3 is 5.97 Å². The molecule has 6 nitrogen and oxygen atoms in total. The van der Waals surface area contributed by atoms with E-state index in [2.05, 4.69) is 71.7 Å². The predicted molar refractivity (Wildman–Crippen MR) is 150 cm³/mol. The summed E-state index contributed by atoms with van der Waals surface area (Å²) in [5.74, 6) is -0.346. The summed E-state index contributed by atoms with van der Waals surface area (Å²) in [6.45, 7) is 8.47. The molecular formula is C30H30N4O2S. The van der Waals surface area contributed by atoms with Crippen molar-refractivity contribution in [1.82, 2.24) is 14.9 Å². The average Bonchev–Trinajstić information content (AvgIpc) is 3.40. The van der Waals surface area contributed by atoms with Crippen LogP contribution in [0.15, 0.2) is 72.9 Å². The molecule has 4 aromatic rings. The number of methoxy groups -OCH3 is 1. The van der Waals surface area contributed by atoms with Crippen molar-refractivity contribution >= 4 is 29.0 Å². The van der Waals surface area contributed by atoms with E-state index in [-0.39, 0.29) is 18.1 Å². The van der Waals surface area contributed by atoms with Crippen LogP contribution in [0.1, 0.15) is 56.2 Å². The monoisotopic (exact) mass is 510 g/mol. The van der Waals surface area contributed by atoms with Gasteiger partial charge in [0.05, 0.1) is 30.5 Å².